The van der Waals surface area contributed by atoms with Gasteiger partial charge in [0.2, 0.25) is 0 Å². The molecule has 0 saturated carbocycles. The van der Waals surface area contributed by atoms with E-state index in [1.54, 1.807) is 7.11 Å². The third kappa shape index (κ3) is 3.90. The number of hydrogen-bond acceptors (Lipinski definition) is 2. The molecule has 0 spiro atoms. The Morgan fingerprint density at radius 3 is 2.57 bits per heavy atom. The molecule has 0 aliphatic carbocycles. The Bertz CT molecular complexity index is 235. The first kappa shape index (κ1) is 11.2. The highest BCUT2D eigenvalue weighted by Crippen LogP contribution is 2.08. The minimum absolute atomic E-state index is 0.266. The molecule has 0 radical (unpaired) electrons. The Balaban J connectivity index is 2.50. The second-order valence-electron chi connectivity index (χ2n) is 3.39. The van der Waals surface area contributed by atoms with Crippen molar-refractivity contribution in [1.29, 1.82) is 0 Å². The van der Waals surface area contributed by atoms with E-state index in [1.165, 1.54) is 11.1 Å². The molecule has 1 rings (SSSR count). The molecule has 1 N–H and O–H groups in total. The van der Waals surface area contributed by atoms with Gasteiger partial charge in [-0.05, 0) is 30.4 Å². The summed E-state index contributed by atoms with van der Waals surface area (Å²) in [7, 11) is 1.72. The van der Waals surface area contributed by atoms with E-state index in [9.17, 15) is 0 Å². The van der Waals surface area contributed by atoms with E-state index in [1.807, 2.05) is 0 Å². The van der Waals surface area contributed by atoms with Gasteiger partial charge in [0.15, 0.2) is 0 Å². The van der Waals surface area contributed by atoms with Crippen molar-refractivity contribution in [2.24, 2.45) is 0 Å². The first-order valence-electron chi connectivity index (χ1n) is 5.04. The molecule has 0 unspecified atom stereocenters. The summed E-state index contributed by atoms with van der Waals surface area (Å²) >= 11 is 0. The molecule has 2 heteroatoms. The van der Waals surface area contributed by atoms with Crippen LogP contribution in [-0.2, 0) is 17.6 Å². The van der Waals surface area contributed by atoms with Crippen molar-refractivity contribution >= 4 is 0 Å². The number of aliphatic hydroxyl groups excluding tert-OH is 1. The van der Waals surface area contributed by atoms with Gasteiger partial charge >= 0.3 is 0 Å². The lowest BCUT2D eigenvalue weighted by Crippen LogP contribution is -1.96. The average molecular weight is 194 g/mol. The summed E-state index contributed by atoms with van der Waals surface area (Å²) < 4.78 is 5.03. The number of ether oxygens (including phenoxy) is 1. The average Bonchev–Trinajstić information content (AvgIpc) is 2.24. The largest absolute Gasteiger partial charge is 0.396 e. The quantitative estimate of drug-likeness (QED) is 0.748. The van der Waals surface area contributed by atoms with Crippen LogP contribution >= 0.6 is 0 Å². The van der Waals surface area contributed by atoms with E-state index in [0.717, 1.165) is 25.9 Å². The molecule has 0 bridgehead atoms. The molecule has 14 heavy (non-hydrogen) atoms. The predicted molar refractivity (Wildman–Crippen MR) is 57.4 cm³/mol. The zero-order valence-electron chi connectivity index (χ0n) is 8.70. The molecule has 0 atom stereocenters. The molecule has 0 amide bonds. The molecule has 0 saturated heterocycles. The Hall–Kier alpha value is -0.860. The first-order chi connectivity index (χ1) is 6.86. The van der Waals surface area contributed by atoms with Crippen molar-refractivity contribution < 1.29 is 9.84 Å². The molecule has 1 aromatic rings. The maximum Gasteiger partial charge on any atom is 0.0502 e. The highest BCUT2D eigenvalue weighted by atomic mass is 16.5. The van der Waals surface area contributed by atoms with Crippen LogP contribution in [0.15, 0.2) is 24.3 Å². The fourth-order valence-corrected chi connectivity index (χ4v) is 1.44. The number of aliphatic hydroxyl groups is 1. The van der Waals surface area contributed by atoms with Gasteiger partial charge in [0.05, 0.1) is 6.61 Å². The second kappa shape index (κ2) is 6.57. The fourth-order valence-electron chi connectivity index (χ4n) is 1.44. The molecule has 2 nitrogen and oxygen atoms in total. The van der Waals surface area contributed by atoms with E-state index >= 15 is 0 Å². The molecule has 1 aromatic carbocycles. The topological polar surface area (TPSA) is 29.5 Å². The molecule has 0 aliphatic rings. The number of benzene rings is 1. The summed E-state index contributed by atoms with van der Waals surface area (Å²) in [4.78, 5) is 0. The lowest BCUT2D eigenvalue weighted by molar-refractivity contribution is 0.202. The van der Waals surface area contributed by atoms with Crippen LogP contribution in [0.2, 0.25) is 0 Å². The normalized spacial score (nSPS) is 10.4. The van der Waals surface area contributed by atoms with Crippen LogP contribution in [0, 0.1) is 0 Å². The van der Waals surface area contributed by atoms with Gasteiger partial charge in [-0.15, -0.1) is 0 Å². The Kier molecular flexibility index (Phi) is 5.27. The van der Waals surface area contributed by atoms with Crippen molar-refractivity contribution in [1.82, 2.24) is 0 Å². The molecular weight excluding hydrogens is 176 g/mol. The van der Waals surface area contributed by atoms with Gasteiger partial charge < -0.3 is 9.84 Å². The Morgan fingerprint density at radius 2 is 1.93 bits per heavy atom. The summed E-state index contributed by atoms with van der Waals surface area (Å²) in [6.07, 6.45) is 2.76. The van der Waals surface area contributed by atoms with E-state index in [4.69, 9.17) is 9.84 Å². The van der Waals surface area contributed by atoms with Crippen LogP contribution in [0.3, 0.4) is 0 Å². The minimum Gasteiger partial charge on any atom is -0.396 e. The van der Waals surface area contributed by atoms with Crippen LogP contribution in [0.5, 0.6) is 0 Å². The highest BCUT2D eigenvalue weighted by molar-refractivity contribution is 5.23. The lowest BCUT2D eigenvalue weighted by atomic mass is 10.1. The molecule has 78 valence electrons. The lowest BCUT2D eigenvalue weighted by Gasteiger charge is -2.04. The Labute approximate surface area is 85.5 Å². The van der Waals surface area contributed by atoms with E-state index in [-0.39, 0.29) is 6.61 Å². The molecule has 0 aliphatic heterocycles. The fraction of sp³-hybridized carbons (Fsp3) is 0.500. The van der Waals surface area contributed by atoms with Gasteiger partial charge in [0, 0.05) is 13.7 Å². The predicted octanol–water partition coefficient (Wildman–Crippen LogP) is 1.80. The Morgan fingerprint density at radius 1 is 1.21 bits per heavy atom. The van der Waals surface area contributed by atoms with Crippen LogP contribution in [-0.4, -0.2) is 25.4 Å². The van der Waals surface area contributed by atoms with Gasteiger partial charge in [0.1, 0.15) is 0 Å². The summed E-state index contributed by atoms with van der Waals surface area (Å²) in [5.74, 6) is 0. The maximum atomic E-state index is 8.72. The third-order valence-electron chi connectivity index (χ3n) is 2.21. The van der Waals surface area contributed by atoms with Crippen LogP contribution < -0.4 is 0 Å². The summed E-state index contributed by atoms with van der Waals surface area (Å²) in [5, 5.41) is 8.72. The van der Waals surface area contributed by atoms with E-state index < -0.39 is 0 Å². The molecular formula is C12H18O2. The third-order valence-corrected chi connectivity index (χ3v) is 2.21. The van der Waals surface area contributed by atoms with Crippen LogP contribution in [0.25, 0.3) is 0 Å². The van der Waals surface area contributed by atoms with Crippen molar-refractivity contribution in [2.45, 2.75) is 19.3 Å². The van der Waals surface area contributed by atoms with Crippen LogP contribution in [0.1, 0.15) is 17.5 Å². The van der Waals surface area contributed by atoms with Gasteiger partial charge in [0.25, 0.3) is 0 Å². The smallest absolute Gasteiger partial charge is 0.0502 e. The van der Waals surface area contributed by atoms with E-state index in [2.05, 4.69) is 24.3 Å². The second-order valence-corrected chi connectivity index (χ2v) is 3.39. The SMILES string of the molecule is COCCc1cccc(CCCO)c1. The van der Waals surface area contributed by atoms with Crippen LogP contribution in [0.4, 0.5) is 0 Å². The van der Waals surface area contributed by atoms with Crippen molar-refractivity contribution in [2.75, 3.05) is 20.3 Å². The van der Waals surface area contributed by atoms with Gasteiger partial charge in [-0.1, -0.05) is 24.3 Å². The molecule has 0 fully saturated rings. The first-order valence-corrected chi connectivity index (χ1v) is 5.04. The highest BCUT2D eigenvalue weighted by Gasteiger charge is 1.96. The number of methoxy groups -OCH3 is 1. The number of hydrogen-bond donors (Lipinski definition) is 1. The zero-order valence-corrected chi connectivity index (χ0v) is 8.70. The molecule has 0 heterocycles. The van der Waals surface area contributed by atoms with Crippen molar-refractivity contribution in [3.05, 3.63) is 35.4 Å². The van der Waals surface area contributed by atoms with Gasteiger partial charge in [-0.2, -0.15) is 0 Å². The summed E-state index contributed by atoms with van der Waals surface area (Å²) in [6, 6.07) is 8.47. The number of aryl methyl sites for hydroxylation is 1. The van der Waals surface area contributed by atoms with Gasteiger partial charge in [-0.3, -0.25) is 0 Å². The summed E-state index contributed by atoms with van der Waals surface area (Å²) in [6.45, 7) is 1.03. The van der Waals surface area contributed by atoms with Gasteiger partial charge in [-0.25, -0.2) is 0 Å². The van der Waals surface area contributed by atoms with Crippen molar-refractivity contribution in [3.8, 4) is 0 Å². The standard InChI is InChI=1S/C12H18O2/c1-14-9-7-12-5-2-4-11(10-12)6-3-8-13/h2,4-5,10,13H,3,6-9H2,1H3. The van der Waals surface area contributed by atoms with Crippen molar-refractivity contribution in [3.63, 3.8) is 0 Å². The summed E-state index contributed by atoms with van der Waals surface area (Å²) in [5.41, 5.74) is 2.61. The monoisotopic (exact) mass is 194 g/mol. The maximum absolute atomic E-state index is 8.72. The number of rotatable bonds is 6. The van der Waals surface area contributed by atoms with E-state index in [0.29, 0.717) is 0 Å². The minimum atomic E-state index is 0.266. The molecule has 0 aromatic heterocycles. The zero-order chi connectivity index (χ0) is 10.2.